The molecule has 2 nitrogen and oxygen atoms in total. The molecule has 0 heterocycles. The molecule has 0 saturated carbocycles. The fourth-order valence-corrected chi connectivity index (χ4v) is 1.58. The molecule has 0 amide bonds. The van der Waals surface area contributed by atoms with Gasteiger partial charge < -0.3 is 0 Å². The van der Waals surface area contributed by atoms with E-state index in [1.54, 1.807) is 18.2 Å². The Morgan fingerprint density at radius 1 is 1.17 bits per heavy atom. The maximum atomic E-state index is 11.2. The van der Waals surface area contributed by atoms with Gasteiger partial charge in [-0.2, -0.15) is 0 Å². The van der Waals surface area contributed by atoms with Gasteiger partial charge in [0.05, 0.1) is 4.90 Å². The van der Waals surface area contributed by atoms with Crippen LogP contribution in [0, 0.1) is 18.1 Å². The highest BCUT2D eigenvalue weighted by molar-refractivity contribution is 7.96. The van der Waals surface area contributed by atoms with Crippen molar-refractivity contribution in [3.63, 3.8) is 0 Å². The van der Waals surface area contributed by atoms with E-state index in [0.29, 0.717) is 0 Å². The van der Waals surface area contributed by atoms with Crippen molar-refractivity contribution in [1.29, 1.82) is 0 Å². The van der Waals surface area contributed by atoms with E-state index in [-0.39, 0.29) is 4.90 Å². The summed E-state index contributed by atoms with van der Waals surface area (Å²) in [5.74, 6) is 2.12. The van der Waals surface area contributed by atoms with E-state index >= 15 is 0 Å². The fourth-order valence-electron chi connectivity index (χ4n) is 0.754. The smallest absolute Gasteiger partial charge is 0.210 e. The molecule has 0 atom stereocenters. The van der Waals surface area contributed by atoms with Gasteiger partial charge in [-0.1, -0.05) is 24.1 Å². The summed E-state index contributed by atoms with van der Waals surface area (Å²) >= 11 is 0. The van der Waals surface area contributed by atoms with Gasteiger partial charge in [0.1, 0.15) is 0 Å². The average Bonchev–Trinajstić information content (AvgIpc) is 2.06. The Morgan fingerprint density at radius 2 is 1.75 bits per heavy atom. The minimum atomic E-state index is -3.43. The van der Waals surface area contributed by atoms with Crippen LogP contribution in [-0.2, 0) is 9.84 Å². The topological polar surface area (TPSA) is 34.1 Å². The summed E-state index contributed by atoms with van der Waals surface area (Å²) in [4.78, 5) is 0.209. The number of sulfone groups is 1. The molecule has 0 spiro atoms. The van der Waals surface area contributed by atoms with Crippen molar-refractivity contribution >= 4 is 9.84 Å². The number of hydrogen-bond donors (Lipinski definition) is 0. The van der Waals surface area contributed by atoms with Gasteiger partial charge in [0, 0.05) is 12.2 Å². The van der Waals surface area contributed by atoms with Crippen LogP contribution in [0.25, 0.3) is 0 Å². The second-order valence-electron chi connectivity index (χ2n) is 2.10. The molecule has 12 heavy (non-hydrogen) atoms. The molecule has 0 aliphatic rings. The predicted octanol–water partition coefficient (Wildman–Crippen LogP) is 1.26. The van der Waals surface area contributed by atoms with Crippen LogP contribution in [0.15, 0.2) is 35.2 Å². The van der Waals surface area contributed by atoms with Gasteiger partial charge in [0.2, 0.25) is 9.84 Å². The molecule has 0 aromatic heterocycles. The minimum Gasteiger partial charge on any atom is -0.210 e. The third-order valence-electron chi connectivity index (χ3n) is 1.26. The van der Waals surface area contributed by atoms with E-state index in [4.69, 9.17) is 0 Å². The third kappa shape index (κ3) is 1.86. The Hall–Kier alpha value is -1.27. The summed E-state index contributed by atoms with van der Waals surface area (Å²) in [5, 5.41) is 2.05. The number of benzene rings is 1. The average molecular weight is 179 g/mol. The summed E-state index contributed by atoms with van der Waals surface area (Å²) in [6, 6.07) is 8.05. The standard InChI is InChI=1S/C9H7O2S/c1-2-8-12(10,11)9-6-4-3-5-7-9/h3-7H,1H2. The van der Waals surface area contributed by atoms with E-state index in [1.807, 2.05) is 5.25 Å². The van der Waals surface area contributed by atoms with Crippen molar-refractivity contribution in [3.05, 3.63) is 37.3 Å². The largest absolute Gasteiger partial charge is 0.245 e. The van der Waals surface area contributed by atoms with Gasteiger partial charge in [0.15, 0.2) is 0 Å². The molecule has 0 aliphatic carbocycles. The SMILES string of the molecule is [CH2]C#CS(=O)(=O)c1ccccc1. The van der Waals surface area contributed by atoms with Gasteiger partial charge in [-0.15, -0.1) is 0 Å². The van der Waals surface area contributed by atoms with Gasteiger partial charge in [-0.25, -0.2) is 8.42 Å². The molecular formula is C9H7O2S. The van der Waals surface area contributed by atoms with Gasteiger partial charge in [-0.3, -0.25) is 0 Å². The molecule has 0 aliphatic heterocycles. The predicted molar refractivity (Wildman–Crippen MR) is 46.8 cm³/mol. The van der Waals surface area contributed by atoms with Crippen LogP contribution in [0.5, 0.6) is 0 Å². The van der Waals surface area contributed by atoms with Crippen molar-refractivity contribution in [2.75, 3.05) is 0 Å². The van der Waals surface area contributed by atoms with E-state index in [1.165, 1.54) is 12.1 Å². The zero-order chi connectivity index (χ0) is 9.03. The monoisotopic (exact) mass is 179 g/mol. The van der Waals surface area contributed by atoms with Crippen molar-refractivity contribution in [2.24, 2.45) is 0 Å². The molecular weight excluding hydrogens is 172 g/mol. The van der Waals surface area contributed by atoms with Crippen LogP contribution < -0.4 is 0 Å². The molecule has 3 heteroatoms. The zero-order valence-corrected chi connectivity index (χ0v) is 7.14. The molecule has 1 aromatic carbocycles. The molecule has 1 aromatic rings. The number of rotatable bonds is 1. The van der Waals surface area contributed by atoms with Crippen LogP contribution in [0.1, 0.15) is 0 Å². The van der Waals surface area contributed by atoms with E-state index < -0.39 is 9.84 Å². The fraction of sp³-hybridized carbons (Fsp3) is 0. The Morgan fingerprint density at radius 3 is 2.25 bits per heavy atom. The lowest BCUT2D eigenvalue weighted by atomic mass is 10.4. The molecule has 61 valence electrons. The highest BCUT2D eigenvalue weighted by Gasteiger charge is 2.07. The van der Waals surface area contributed by atoms with E-state index in [0.717, 1.165) is 0 Å². The lowest BCUT2D eigenvalue weighted by Crippen LogP contribution is -1.95. The van der Waals surface area contributed by atoms with Crippen molar-refractivity contribution in [3.8, 4) is 11.2 Å². The van der Waals surface area contributed by atoms with Crippen LogP contribution >= 0.6 is 0 Å². The molecule has 0 saturated heterocycles. The molecule has 1 rings (SSSR count). The van der Waals surface area contributed by atoms with Gasteiger partial charge in [0.25, 0.3) is 0 Å². The van der Waals surface area contributed by atoms with Crippen LogP contribution in [0.4, 0.5) is 0 Å². The molecule has 0 N–H and O–H groups in total. The first-order valence-electron chi connectivity index (χ1n) is 3.26. The highest BCUT2D eigenvalue weighted by atomic mass is 32.2. The Labute approximate surface area is 72.2 Å². The summed E-state index contributed by atoms with van der Waals surface area (Å²) in [6.07, 6.45) is 0. The Kier molecular flexibility index (Phi) is 2.51. The molecule has 1 radical (unpaired) electrons. The van der Waals surface area contributed by atoms with E-state index in [9.17, 15) is 8.42 Å². The molecule has 0 fully saturated rings. The maximum Gasteiger partial charge on any atom is 0.245 e. The highest BCUT2D eigenvalue weighted by Crippen LogP contribution is 2.07. The Bertz CT molecular complexity index is 407. The van der Waals surface area contributed by atoms with Crippen molar-refractivity contribution in [1.82, 2.24) is 0 Å². The van der Waals surface area contributed by atoms with Crippen LogP contribution in [-0.4, -0.2) is 8.42 Å². The first kappa shape index (κ1) is 8.82. The lowest BCUT2D eigenvalue weighted by Gasteiger charge is -1.93. The second-order valence-corrected chi connectivity index (χ2v) is 3.78. The summed E-state index contributed by atoms with van der Waals surface area (Å²) in [7, 11) is -3.43. The maximum absolute atomic E-state index is 11.2. The quantitative estimate of drug-likeness (QED) is 0.480. The van der Waals surface area contributed by atoms with Crippen molar-refractivity contribution < 1.29 is 8.42 Å². The van der Waals surface area contributed by atoms with Crippen LogP contribution in [0.2, 0.25) is 0 Å². The van der Waals surface area contributed by atoms with E-state index in [2.05, 4.69) is 12.8 Å². The first-order valence-corrected chi connectivity index (χ1v) is 4.74. The molecule has 0 bridgehead atoms. The summed E-state index contributed by atoms with van der Waals surface area (Å²) in [6.45, 7) is 3.16. The first-order chi connectivity index (χ1) is 5.67. The number of hydrogen-bond acceptors (Lipinski definition) is 2. The summed E-state index contributed by atoms with van der Waals surface area (Å²) in [5.41, 5.74) is 0. The minimum absolute atomic E-state index is 0.209. The van der Waals surface area contributed by atoms with Crippen molar-refractivity contribution in [2.45, 2.75) is 4.90 Å². The van der Waals surface area contributed by atoms with Gasteiger partial charge >= 0.3 is 0 Å². The summed E-state index contributed by atoms with van der Waals surface area (Å²) < 4.78 is 22.4. The normalized spacial score (nSPS) is 10.1. The Balaban J connectivity index is 3.22. The molecule has 0 unspecified atom stereocenters. The zero-order valence-electron chi connectivity index (χ0n) is 6.32. The third-order valence-corrected chi connectivity index (χ3v) is 2.57. The second kappa shape index (κ2) is 3.42. The van der Waals surface area contributed by atoms with Crippen LogP contribution in [0.3, 0.4) is 0 Å². The van der Waals surface area contributed by atoms with Gasteiger partial charge in [-0.05, 0) is 12.1 Å². The lowest BCUT2D eigenvalue weighted by molar-refractivity contribution is 0.606.